The van der Waals surface area contributed by atoms with E-state index in [0.717, 1.165) is 13.0 Å². The Morgan fingerprint density at radius 2 is 1.50 bits per heavy atom. The summed E-state index contributed by atoms with van der Waals surface area (Å²) >= 11 is 4.38. The van der Waals surface area contributed by atoms with E-state index in [1.54, 1.807) is 0 Å². The van der Waals surface area contributed by atoms with E-state index in [9.17, 15) is 4.79 Å². The highest BCUT2D eigenvalue weighted by molar-refractivity contribution is 7.80. The van der Waals surface area contributed by atoms with Crippen LogP contribution in [0, 0.1) is 5.92 Å². The highest BCUT2D eigenvalue weighted by atomic mass is 32.1. The fourth-order valence-electron chi connectivity index (χ4n) is 2.05. The lowest BCUT2D eigenvalue weighted by Gasteiger charge is -2.19. The van der Waals surface area contributed by atoms with Gasteiger partial charge < -0.3 is 4.90 Å². The van der Waals surface area contributed by atoms with Crippen LogP contribution in [0.1, 0.15) is 65.7 Å². The van der Waals surface area contributed by atoms with Crippen LogP contribution in [-0.2, 0) is 4.79 Å². The fourth-order valence-corrected chi connectivity index (χ4v) is 2.23. The summed E-state index contributed by atoms with van der Waals surface area (Å²) < 4.78 is 0. The van der Waals surface area contributed by atoms with Crippen LogP contribution in [0.3, 0.4) is 0 Å². The summed E-state index contributed by atoms with van der Waals surface area (Å²) in [4.78, 5) is 13.5. The van der Waals surface area contributed by atoms with Crippen molar-refractivity contribution in [3.8, 4) is 0 Å². The first-order valence-electron chi connectivity index (χ1n) is 7.38. The molecule has 0 heterocycles. The zero-order valence-corrected chi connectivity index (χ0v) is 13.5. The highest BCUT2D eigenvalue weighted by Crippen LogP contribution is 2.11. The van der Waals surface area contributed by atoms with Gasteiger partial charge in [0.1, 0.15) is 0 Å². The van der Waals surface area contributed by atoms with E-state index in [2.05, 4.69) is 19.6 Å². The average molecular weight is 273 g/mol. The van der Waals surface area contributed by atoms with Gasteiger partial charge >= 0.3 is 0 Å². The van der Waals surface area contributed by atoms with E-state index >= 15 is 0 Å². The summed E-state index contributed by atoms with van der Waals surface area (Å²) in [7, 11) is 1.91. The lowest BCUT2D eigenvalue weighted by molar-refractivity contribution is -0.133. The monoisotopic (exact) mass is 273 g/mol. The van der Waals surface area contributed by atoms with Crippen molar-refractivity contribution in [1.82, 2.24) is 4.90 Å². The fraction of sp³-hybridized carbons (Fsp3) is 0.933. The van der Waals surface area contributed by atoms with Gasteiger partial charge in [-0.25, -0.2) is 0 Å². The van der Waals surface area contributed by atoms with Crippen LogP contribution in [0.15, 0.2) is 0 Å². The zero-order chi connectivity index (χ0) is 14.0. The maximum Gasteiger partial charge on any atom is 0.224 e. The summed E-state index contributed by atoms with van der Waals surface area (Å²) in [5, 5.41) is 0.542. The Bertz CT molecular complexity index is 217. The van der Waals surface area contributed by atoms with Crippen molar-refractivity contribution in [3.05, 3.63) is 0 Å². The standard InChI is InChI=1S/C15H31NOS/c1-13(2)15(17)16(4)12-10-8-6-5-7-9-11-14(3)18/h13-14,18H,5-12H2,1-4H3. The quantitative estimate of drug-likeness (QED) is 0.468. The molecule has 0 rings (SSSR count). The molecule has 1 atom stereocenters. The molecule has 3 heteroatoms. The van der Waals surface area contributed by atoms with E-state index < -0.39 is 0 Å². The van der Waals surface area contributed by atoms with Crippen LogP contribution in [0.2, 0.25) is 0 Å². The molecule has 0 aromatic rings. The van der Waals surface area contributed by atoms with Gasteiger partial charge in [0.2, 0.25) is 5.91 Å². The lowest BCUT2D eigenvalue weighted by Crippen LogP contribution is -2.31. The number of carbonyl (C=O) groups is 1. The number of nitrogens with zero attached hydrogens (tertiary/aromatic N) is 1. The smallest absolute Gasteiger partial charge is 0.224 e. The number of carbonyl (C=O) groups excluding carboxylic acids is 1. The number of unbranched alkanes of at least 4 members (excludes halogenated alkanes) is 5. The summed E-state index contributed by atoms with van der Waals surface area (Å²) in [6, 6.07) is 0. The summed E-state index contributed by atoms with van der Waals surface area (Å²) in [6.07, 6.45) is 8.86. The van der Waals surface area contributed by atoms with Crippen LogP contribution < -0.4 is 0 Å². The van der Waals surface area contributed by atoms with E-state index in [1.165, 1.54) is 38.5 Å². The number of hydrogen-bond donors (Lipinski definition) is 1. The molecule has 108 valence electrons. The van der Waals surface area contributed by atoms with Gasteiger partial charge in [-0.3, -0.25) is 4.79 Å². The number of hydrogen-bond acceptors (Lipinski definition) is 2. The first-order valence-corrected chi connectivity index (χ1v) is 7.89. The Labute approximate surface area is 119 Å². The topological polar surface area (TPSA) is 20.3 Å². The molecule has 0 radical (unpaired) electrons. The minimum atomic E-state index is 0.123. The van der Waals surface area contributed by atoms with E-state index in [1.807, 2.05) is 25.8 Å². The van der Waals surface area contributed by atoms with E-state index in [-0.39, 0.29) is 11.8 Å². The molecule has 2 nitrogen and oxygen atoms in total. The van der Waals surface area contributed by atoms with Crippen LogP contribution in [0.4, 0.5) is 0 Å². The summed E-state index contributed by atoms with van der Waals surface area (Å²) in [5.74, 6) is 0.385. The molecule has 0 aliphatic carbocycles. The number of rotatable bonds is 10. The normalized spacial score (nSPS) is 12.8. The molecule has 0 aliphatic heterocycles. The summed E-state index contributed by atoms with van der Waals surface area (Å²) in [6.45, 7) is 6.98. The molecule has 18 heavy (non-hydrogen) atoms. The first kappa shape index (κ1) is 17.8. The Morgan fingerprint density at radius 3 is 2.00 bits per heavy atom. The molecule has 0 aromatic heterocycles. The molecule has 1 amide bonds. The molecule has 0 aromatic carbocycles. The van der Waals surface area contributed by atoms with Crippen molar-refractivity contribution in [3.63, 3.8) is 0 Å². The summed E-state index contributed by atoms with van der Waals surface area (Å²) in [5.41, 5.74) is 0. The van der Waals surface area contributed by atoms with E-state index in [0.29, 0.717) is 5.25 Å². The van der Waals surface area contributed by atoms with E-state index in [4.69, 9.17) is 0 Å². The van der Waals surface area contributed by atoms with Gasteiger partial charge in [-0.2, -0.15) is 12.6 Å². The molecule has 0 aliphatic rings. The molecular weight excluding hydrogens is 242 g/mol. The SMILES string of the molecule is CC(S)CCCCCCCCN(C)C(=O)C(C)C. The van der Waals surface area contributed by atoms with Gasteiger partial charge in [0.15, 0.2) is 0 Å². The third-order valence-electron chi connectivity index (χ3n) is 3.24. The molecule has 0 saturated heterocycles. The van der Waals surface area contributed by atoms with Gasteiger partial charge in [0.05, 0.1) is 0 Å². The predicted octanol–water partition coefficient (Wildman–Crippen LogP) is 4.15. The molecule has 0 spiro atoms. The number of thiol groups is 1. The number of amides is 1. The Morgan fingerprint density at radius 1 is 1.00 bits per heavy atom. The average Bonchev–Trinajstić information content (AvgIpc) is 2.30. The predicted molar refractivity (Wildman–Crippen MR) is 83.2 cm³/mol. The van der Waals surface area contributed by atoms with Crippen LogP contribution in [-0.4, -0.2) is 29.6 Å². The van der Waals surface area contributed by atoms with Gasteiger partial charge in [0.25, 0.3) is 0 Å². The second kappa shape index (κ2) is 10.7. The van der Waals surface area contributed by atoms with Crippen molar-refractivity contribution in [1.29, 1.82) is 0 Å². The van der Waals surface area contributed by atoms with Crippen molar-refractivity contribution in [2.24, 2.45) is 5.92 Å². The maximum absolute atomic E-state index is 11.6. The third-order valence-corrected chi connectivity index (χ3v) is 3.49. The minimum absolute atomic E-state index is 0.123. The molecule has 0 N–H and O–H groups in total. The largest absolute Gasteiger partial charge is 0.346 e. The van der Waals surface area contributed by atoms with Gasteiger partial charge in [0, 0.05) is 19.5 Å². The highest BCUT2D eigenvalue weighted by Gasteiger charge is 2.11. The molecule has 0 saturated carbocycles. The maximum atomic E-state index is 11.6. The molecule has 0 fully saturated rings. The second-order valence-corrected chi connectivity index (χ2v) is 6.56. The van der Waals surface area contributed by atoms with Crippen molar-refractivity contribution in [2.75, 3.05) is 13.6 Å². The Balaban J connectivity index is 3.33. The van der Waals surface area contributed by atoms with Gasteiger partial charge in [-0.1, -0.05) is 52.9 Å². The second-order valence-electron chi connectivity index (χ2n) is 5.67. The minimum Gasteiger partial charge on any atom is -0.346 e. The zero-order valence-electron chi connectivity index (χ0n) is 12.6. The van der Waals surface area contributed by atoms with Crippen molar-refractivity contribution in [2.45, 2.75) is 71.0 Å². The van der Waals surface area contributed by atoms with Crippen LogP contribution in [0.5, 0.6) is 0 Å². The van der Waals surface area contributed by atoms with Crippen LogP contribution >= 0.6 is 12.6 Å². The molecule has 1 unspecified atom stereocenters. The Kier molecular flexibility index (Phi) is 10.6. The van der Waals surface area contributed by atoms with Crippen LogP contribution in [0.25, 0.3) is 0 Å². The lowest BCUT2D eigenvalue weighted by atomic mass is 10.1. The Hall–Kier alpha value is -0.180. The van der Waals surface area contributed by atoms with Crippen molar-refractivity contribution < 1.29 is 4.79 Å². The third kappa shape index (κ3) is 9.81. The molecule has 0 bridgehead atoms. The van der Waals surface area contributed by atoms with Gasteiger partial charge in [-0.15, -0.1) is 0 Å². The first-order chi connectivity index (χ1) is 8.45. The van der Waals surface area contributed by atoms with Gasteiger partial charge in [-0.05, 0) is 18.1 Å². The van der Waals surface area contributed by atoms with Crippen molar-refractivity contribution >= 4 is 18.5 Å². The molecular formula is C15H31NOS.